The highest BCUT2D eigenvalue weighted by molar-refractivity contribution is 5.45. The van der Waals surface area contributed by atoms with Crippen molar-refractivity contribution >= 4 is 0 Å². The standard InChI is InChI=1S/C16H19NO2/c17-11-5-9-14-8-4-10-15(16(14)18)19-12-13-6-2-1-3-7-13/h1-4,6-8,10,18H,5,9,11-12,17H2. The first-order valence-electron chi connectivity index (χ1n) is 6.49. The van der Waals surface area contributed by atoms with E-state index in [1.165, 1.54) is 0 Å². The van der Waals surface area contributed by atoms with Crippen molar-refractivity contribution in [2.75, 3.05) is 6.54 Å². The molecule has 0 bridgehead atoms. The number of ether oxygens (including phenoxy) is 1. The van der Waals surface area contributed by atoms with Gasteiger partial charge in [-0.2, -0.15) is 0 Å². The van der Waals surface area contributed by atoms with Crippen LogP contribution < -0.4 is 10.5 Å². The predicted octanol–water partition coefficient (Wildman–Crippen LogP) is 2.86. The molecule has 0 aliphatic heterocycles. The molecule has 3 heteroatoms. The lowest BCUT2D eigenvalue weighted by Gasteiger charge is -2.11. The molecule has 2 aromatic carbocycles. The van der Waals surface area contributed by atoms with E-state index >= 15 is 0 Å². The molecule has 0 aliphatic carbocycles. The van der Waals surface area contributed by atoms with Gasteiger partial charge in [-0.05, 0) is 36.6 Å². The third-order valence-electron chi connectivity index (χ3n) is 2.97. The Hall–Kier alpha value is -2.00. The van der Waals surface area contributed by atoms with Crippen LogP contribution in [0.5, 0.6) is 11.5 Å². The maximum absolute atomic E-state index is 10.1. The van der Waals surface area contributed by atoms with Crippen LogP contribution in [0, 0.1) is 0 Å². The normalized spacial score (nSPS) is 10.4. The molecule has 3 N–H and O–H groups in total. The number of para-hydroxylation sites is 1. The molecule has 2 rings (SSSR count). The monoisotopic (exact) mass is 257 g/mol. The van der Waals surface area contributed by atoms with Gasteiger partial charge in [-0.25, -0.2) is 0 Å². The van der Waals surface area contributed by atoms with Gasteiger partial charge in [-0.15, -0.1) is 0 Å². The SMILES string of the molecule is NCCCc1cccc(OCc2ccccc2)c1O. The molecular weight excluding hydrogens is 238 g/mol. The summed E-state index contributed by atoms with van der Waals surface area (Å²) < 4.78 is 5.66. The van der Waals surface area contributed by atoms with Crippen LogP contribution in [-0.2, 0) is 13.0 Å². The zero-order chi connectivity index (χ0) is 13.5. The van der Waals surface area contributed by atoms with E-state index in [0.29, 0.717) is 18.9 Å². The summed E-state index contributed by atoms with van der Waals surface area (Å²) in [5.41, 5.74) is 7.45. The highest BCUT2D eigenvalue weighted by Crippen LogP contribution is 2.31. The number of hydrogen-bond donors (Lipinski definition) is 2. The molecule has 0 radical (unpaired) electrons. The largest absolute Gasteiger partial charge is 0.504 e. The number of aromatic hydroxyl groups is 1. The fourth-order valence-electron chi connectivity index (χ4n) is 1.91. The molecule has 0 atom stereocenters. The second kappa shape index (κ2) is 6.81. The first kappa shape index (κ1) is 13.4. The van der Waals surface area contributed by atoms with E-state index in [-0.39, 0.29) is 5.75 Å². The number of nitrogens with two attached hydrogens (primary N) is 1. The van der Waals surface area contributed by atoms with E-state index < -0.39 is 0 Å². The number of benzene rings is 2. The van der Waals surface area contributed by atoms with Gasteiger partial charge in [-0.3, -0.25) is 0 Å². The van der Waals surface area contributed by atoms with Crippen molar-refractivity contribution in [1.82, 2.24) is 0 Å². The molecule has 3 nitrogen and oxygen atoms in total. The Kier molecular flexibility index (Phi) is 4.81. The lowest BCUT2D eigenvalue weighted by molar-refractivity contribution is 0.288. The molecule has 0 saturated carbocycles. The summed E-state index contributed by atoms with van der Waals surface area (Å²) in [6.07, 6.45) is 1.63. The summed E-state index contributed by atoms with van der Waals surface area (Å²) in [6.45, 7) is 1.07. The van der Waals surface area contributed by atoms with E-state index in [9.17, 15) is 5.11 Å². The zero-order valence-electron chi connectivity index (χ0n) is 10.9. The number of aryl methyl sites for hydroxylation is 1. The summed E-state index contributed by atoms with van der Waals surface area (Å²) in [4.78, 5) is 0. The molecule has 0 unspecified atom stereocenters. The minimum Gasteiger partial charge on any atom is -0.504 e. The fraction of sp³-hybridized carbons (Fsp3) is 0.250. The molecule has 0 heterocycles. The van der Waals surface area contributed by atoms with Crippen LogP contribution in [0.4, 0.5) is 0 Å². The Labute approximate surface area is 113 Å². The first-order chi connectivity index (χ1) is 9.31. The van der Waals surface area contributed by atoms with E-state index in [2.05, 4.69) is 0 Å². The van der Waals surface area contributed by atoms with Crippen molar-refractivity contribution in [3.05, 3.63) is 59.7 Å². The zero-order valence-corrected chi connectivity index (χ0v) is 10.9. The van der Waals surface area contributed by atoms with Gasteiger partial charge in [0.1, 0.15) is 6.61 Å². The average molecular weight is 257 g/mol. The van der Waals surface area contributed by atoms with E-state index in [0.717, 1.165) is 24.0 Å². The Morgan fingerprint density at radius 3 is 2.53 bits per heavy atom. The summed E-state index contributed by atoms with van der Waals surface area (Å²) in [6, 6.07) is 15.5. The maximum atomic E-state index is 10.1. The van der Waals surface area contributed by atoms with Gasteiger partial charge < -0.3 is 15.6 Å². The fourth-order valence-corrected chi connectivity index (χ4v) is 1.91. The maximum Gasteiger partial charge on any atom is 0.161 e. The molecule has 0 amide bonds. The minimum absolute atomic E-state index is 0.229. The molecule has 0 fully saturated rings. The lowest BCUT2D eigenvalue weighted by Crippen LogP contribution is -2.01. The third-order valence-corrected chi connectivity index (χ3v) is 2.97. The van der Waals surface area contributed by atoms with E-state index in [4.69, 9.17) is 10.5 Å². The predicted molar refractivity (Wildman–Crippen MR) is 76.3 cm³/mol. The summed E-state index contributed by atoms with van der Waals surface area (Å²) in [5, 5.41) is 10.1. The van der Waals surface area contributed by atoms with Crippen molar-refractivity contribution in [3.8, 4) is 11.5 Å². The summed E-state index contributed by atoms with van der Waals surface area (Å²) in [5.74, 6) is 0.755. The average Bonchev–Trinajstić information content (AvgIpc) is 2.46. The number of rotatable bonds is 6. The molecule has 0 saturated heterocycles. The summed E-state index contributed by atoms with van der Waals surface area (Å²) >= 11 is 0. The van der Waals surface area contributed by atoms with Crippen LogP contribution in [0.25, 0.3) is 0 Å². The Bertz CT molecular complexity index is 511. The van der Waals surface area contributed by atoms with Crippen LogP contribution in [0.15, 0.2) is 48.5 Å². The third kappa shape index (κ3) is 3.73. The van der Waals surface area contributed by atoms with Crippen LogP contribution >= 0.6 is 0 Å². The van der Waals surface area contributed by atoms with Crippen LogP contribution in [0.3, 0.4) is 0 Å². The van der Waals surface area contributed by atoms with Gasteiger partial charge >= 0.3 is 0 Å². The van der Waals surface area contributed by atoms with Crippen LogP contribution in [0.1, 0.15) is 17.5 Å². The highest BCUT2D eigenvalue weighted by atomic mass is 16.5. The molecular formula is C16H19NO2. The van der Waals surface area contributed by atoms with E-state index in [1.54, 1.807) is 6.07 Å². The van der Waals surface area contributed by atoms with Gasteiger partial charge in [0.05, 0.1) is 0 Å². The number of hydrogen-bond acceptors (Lipinski definition) is 3. The topological polar surface area (TPSA) is 55.5 Å². The van der Waals surface area contributed by atoms with Crippen molar-refractivity contribution in [1.29, 1.82) is 0 Å². The van der Waals surface area contributed by atoms with Crippen molar-refractivity contribution in [2.45, 2.75) is 19.4 Å². The lowest BCUT2D eigenvalue weighted by atomic mass is 10.1. The van der Waals surface area contributed by atoms with Crippen molar-refractivity contribution < 1.29 is 9.84 Å². The number of phenols is 1. The molecule has 2 aromatic rings. The van der Waals surface area contributed by atoms with Crippen molar-refractivity contribution in [2.24, 2.45) is 5.73 Å². The first-order valence-corrected chi connectivity index (χ1v) is 6.49. The van der Waals surface area contributed by atoms with Gasteiger partial charge in [0.2, 0.25) is 0 Å². The molecule has 0 aliphatic rings. The summed E-state index contributed by atoms with van der Waals surface area (Å²) in [7, 11) is 0. The Balaban J connectivity index is 2.04. The molecule has 100 valence electrons. The smallest absolute Gasteiger partial charge is 0.161 e. The minimum atomic E-state index is 0.229. The van der Waals surface area contributed by atoms with Gasteiger partial charge in [0, 0.05) is 0 Å². The highest BCUT2D eigenvalue weighted by Gasteiger charge is 2.07. The molecule has 19 heavy (non-hydrogen) atoms. The molecule has 0 aromatic heterocycles. The van der Waals surface area contributed by atoms with Gasteiger partial charge in [0.15, 0.2) is 11.5 Å². The quantitative estimate of drug-likeness (QED) is 0.836. The Morgan fingerprint density at radius 2 is 1.79 bits per heavy atom. The van der Waals surface area contributed by atoms with Crippen molar-refractivity contribution in [3.63, 3.8) is 0 Å². The Morgan fingerprint density at radius 1 is 1.00 bits per heavy atom. The molecule has 0 spiro atoms. The van der Waals surface area contributed by atoms with E-state index in [1.807, 2.05) is 42.5 Å². The second-order valence-corrected chi connectivity index (χ2v) is 4.43. The van der Waals surface area contributed by atoms with Crippen LogP contribution in [-0.4, -0.2) is 11.7 Å². The number of phenolic OH excluding ortho intramolecular Hbond substituents is 1. The van der Waals surface area contributed by atoms with Gasteiger partial charge in [0.25, 0.3) is 0 Å². The van der Waals surface area contributed by atoms with Crippen LogP contribution in [0.2, 0.25) is 0 Å². The second-order valence-electron chi connectivity index (χ2n) is 4.43. The van der Waals surface area contributed by atoms with Gasteiger partial charge in [-0.1, -0.05) is 42.5 Å².